The summed E-state index contributed by atoms with van der Waals surface area (Å²) in [5.74, 6) is -0.968. The van der Waals surface area contributed by atoms with Gasteiger partial charge >= 0.3 is 5.97 Å². The van der Waals surface area contributed by atoms with E-state index >= 15 is 0 Å². The van der Waals surface area contributed by atoms with Crippen molar-refractivity contribution in [1.29, 1.82) is 0 Å². The number of aromatic carboxylic acids is 1. The van der Waals surface area contributed by atoms with Crippen LogP contribution in [0.25, 0.3) is 21.5 Å². The molecule has 0 saturated carbocycles. The summed E-state index contributed by atoms with van der Waals surface area (Å²) in [6.45, 7) is 0. The van der Waals surface area contributed by atoms with Crippen molar-refractivity contribution >= 4 is 33.7 Å². The van der Waals surface area contributed by atoms with Gasteiger partial charge in [-0.25, -0.2) is 4.79 Å². The summed E-state index contributed by atoms with van der Waals surface area (Å²) >= 11 is 0. The van der Waals surface area contributed by atoms with Gasteiger partial charge in [-0.3, -0.25) is 0 Å². The molecular formula is C16H11NO3. The monoisotopic (exact) mass is 265 g/mol. The fraction of sp³-hybridized carbons (Fsp3) is 0. The molecule has 4 heteroatoms. The zero-order valence-electron chi connectivity index (χ0n) is 10.4. The Kier molecular flexibility index (Phi) is 2.84. The maximum Gasteiger partial charge on any atom is 0.336 e. The molecule has 0 atom stereocenters. The lowest BCUT2D eigenvalue weighted by Gasteiger charge is -2.11. The van der Waals surface area contributed by atoms with Gasteiger partial charge in [0.1, 0.15) is 0 Å². The molecule has 0 fully saturated rings. The number of carbonyl (C=O) groups is 1. The van der Waals surface area contributed by atoms with Crippen molar-refractivity contribution in [3.8, 4) is 0 Å². The van der Waals surface area contributed by atoms with Gasteiger partial charge < -0.3 is 10.3 Å². The molecule has 3 aromatic carbocycles. The van der Waals surface area contributed by atoms with Crippen LogP contribution >= 0.6 is 0 Å². The van der Waals surface area contributed by atoms with Crippen molar-refractivity contribution < 1.29 is 15.1 Å². The van der Waals surface area contributed by atoms with E-state index in [4.69, 9.17) is 5.21 Å². The van der Waals surface area contributed by atoms with Crippen LogP contribution in [0.4, 0.5) is 0 Å². The second-order valence-electron chi connectivity index (χ2n) is 4.43. The van der Waals surface area contributed by atoms with E-state index in [0.717, 1.165) is 10.8 Å². The largest absolute Gasteiger partial charge is 0.478 e. The smallest absolute Gasteiger partial charge is 0.336 e. The molecule has 0 spiro atoms. The Labute approximate surface area is 114 Å². The highest BCUT2D eigenvalue weighted by Gasteiger charge is 2.16. The van der Waals surface area contributed by atoms with Crippen molar-refractivity contribution in [3.63, 3.8) is 0 Å². The third-order valence-corrected chi connectivity index (χ3v) is 3.37. The molecule has 20 heavy (non-hydrogen) atoms. The lowest BCUT2D eigenvalue weighted by molar-refractivity contribution is 0.0701. The summed E-state index contributed by atoms with van der Waals surface area (Å²) in [6.07, 6.45) is 1.34. The van der Waals surface area contributed by atoms with Gasteiger partial charge in [-0.15, -0.1) is 0 Å². The zero-order valence-corrected chi connectivity index (χ0v) is 10.4. The molecule has 98 valence electrons. The summed E-state index contributed by atoms with van der Waals surface area (Å²) in [7, 11) is 0. The second kappa shape index (κ2) is 4.66. The number of nitrogens with zero attached hydrogens (tertiary/aromatic N) is 1. The molecule has 0 unspecified atom stereocenters. The van der Waals surface area contributed by atoms with Crippen LogP contribution in [-0.2, 0) is 0 Å². The van der Waals surface area contributed by atoms with Gasteiger partial charge in [0, 0.05) is 5.56 Å². The van der Waals surface area contributed by atoms with Crippen molar-refractivity contribution in [2.75, 3.05) is 0 Å². The lowest BCUT2D eigenvalue weighted by Crippen LogP contribution is -2.01. The first-order valence-electron chi connectivity index (χ1n) is 6.08. The molecular weight excluding hydrogens is 254 g/mol. The number of hydrogen-bond acceptors (Lipinski definition) is 3. The van der Waals surface area contributed by atoms with Crippen LogP contribution in [0.3, 0.4) is 0 Å². The highest BCUT2D eigenvalue weighted by molar-refractivity contribution is 6.22. The molecule has 0 radical (unpaired) electrons. The summed E-state index contributed by atoms with van der Waals surface area (Å²) in [6, 6.07) is 14.4. The summed E-state index contributed by atoms with van der Waals surface area (Å²) < 4.78 is 0. The molecule has 0 aromatic heterocycles. The van der Waals surface area contributed by atoms with Crippen LogP contribution in [0.5, 0.6) is 0 Å². The number of carboxylic acid groups (broad SMARTS) is 1. The van der Waals surface area contributed by atoms with Gasteiger partial charge in [-0.1, -0.05) is 53.7 Å². The van der Waals surface area contributed by atoms with E-state index in [9.17, 15) is 9.90 Å². The Bertz CT molecular complexity index is 796. The first-order chi connectivity index (χ1) is 9.74. The van der Waals surface area contributed by atoms with E-state index < -0.39 is 5.97 Å². The zero-order chi connectivity index (χ0) is 14.1. The number of hydrogen-bond donors (Lipinski definition) is 2. The van der Waals surface area contributed by atoms with Crippen molar-refractivity contribution in [3.05, 3.63) is 59.7 Å². The maximum absolute atomic E-state index is 11.6. The average molecular weight is 265 g/mol. The van der Waals surface area contributed by atoms with E-state index in [2.05, 4.69) is 5.16 Å². The van der Waals surface area contributed by atoms with Gasteiger partial charge in [0.15, 0.2) is 0 Å². The lowest BCUT2D eigenvalue weighted by atomic mass is 9.92. The van der Waals surface area contributed by atoms with Crippen molar-refractivity contribution in [2.45, 2.75) is 0 Å². The summed E-state index contributed by atoms with van der Waals surface area (Å²) in [4.78, 5) is 11.6. The fourth-order valence-corrected chi connectivity index (χ4v) is 2.59. The topological polar surface area (TPSA) is 69.9 Å². The molecule has 0 bridgehead atoms. The number of carboxylic acids is 1. The minimum atomic E-state index is -0.968. The van der Waals surface area contributed by atoms with Crippen LogP contribution in [0.2, 0.25) is 0 Å². The Balaban J connectivity index is 2.65. The highest BCUT2D eigenvalue weighted by atomic mass is 16.4. The van der Waals surface area contributed by atoms with Crippen LogP contribution in [-0.4, -0.2) is 22.5 Å². The van der Waals surface area contributed by atoms with Gasteiger partial charge in [0.25, 0.3) is 0 Å². The van der Waals surface area contributed by atoms with Gasteiger partial charge in [-0.05, 0) is 21.5 Å². The van der Waals surface area contributed by atoms with Gasteiger partial charge in [-0.2, -0.15) is 0 Å². The fourth-order valence-electron chi connectivity index (χ4n) is 2.59. The standard InChI is InChI=1S/C16H11NO3/c18-16(19)15-12-7-3-1-5-10(12)14(9-17-20)11-6-2-4-8-13(11)15/h1-9,20H,(H,18,19)/b17-9+. The predicted octanol–water partition coefficient (Wildman–Crippen LogP) is 3.50. The minimum Gasteiger partial charge on any atom is -0.478 e. The molecule has 3 rings (SSSR count). The number of rotatable bonds is 2. The van der Waals surface area contributed by atoms with E-state index in [0.29, 0.717) is 16.3 Å². The quantitative estimate of drug-likeness (QED) is 0.322. The first-order valence-corrected chi connectivity index (χ1v) is 6.08. The first kappa shape index (κ1) is 12.2. The Hall–Kier alpha value is -2.88. The average Bonchev–Trinajstić information content (AvgIpc) is 2.47. The molecule has 0 aliphatic heterocycles. The summed E-state index contributed by atoms with van der Waals surface area (Å²) in [5, 5.41) is 24.3. The molecule has 0 saturated heterocycles. The van der Waals surface area contributed by atoms with Crippen LogP contribution < -0.4 is 0 Å². The Morgan fingerprint density at radius 3 is 1.75 bits per heavy atom. The molecule has 2 N–H and O–H groups in total. The minimum absolute atomic E-state index is 0.270. The third-order valence-electron chi connectivity index (χ3n) is 3.37. The normalized spacial score (nSPS) is 11.4. The number of oxime groups is 1. The van der Waals surface area contributed by atoms with Gasteiger partial charge in [0.2, 0.25) is 0 Å². The second-order valence-corrected chi connectivity index (χ2v) is 4.43. The molecule has 0 aliphatic carbocycles. The highest BCUT2D eigenvalue weighted by Crippen LogP contribution is 2.32. The van der Waals surface area contributed by atoms with Crippen molar-refractivity contribution in [2.24, 2.45) is 5.16 Å². The molecule has 0 heterocycles. The molecule has 0 amide bonds. The Morgan fingerprint density at radius 2 is 1.35 bits per heavy atom. The number of fused-ring (bicyclic) bond motifs is 2. The van der Waals surface area contributed by atoms with Crippen molar-refractivity contribution in [1.82, 2.24) is 0 Å². The summed E-state index contributed by atoms with van der Waals surface area (Å²) in [5.41, 5.74) is 0.981. The van der Waals surface area contributed by atoms with E-state index in [1.165, 1.54) is 6.21 Å². The van der Waals surface area contributed by atoms with E-state index in [-0.39, 0.29) is 5.56 Å². The molecule has 4 nitrogen and oxygen atoms in total. The molecule has 3 aromatic rings. The SMILES string of the molecule is O=C(O)c1c2ccccc2c(/C=N/O)c2ccccc12. The van der Waals surface area contributed by atoms with Crippen LogP contribution in [0.1, 0.15) is 15.9 Å². The number of benzene rings is 3. The maximum atomic E-state index is 11.6. The van der Waals surface area contributed by atoms with Crippen LogP contribution in [0.15, 0.2) is 53.7 Å². The third kappa shape index (κ3) is 1.70. The van der Waals surface area contributed by atoms with Gasteiger partial charge in [0.05, 0.1) is 11.8 Å². The predicted molar refractivity (Wildman–Crippen MR) is 77.8 cm³/mol. The van der Waals surface area contributed by atoms with E-state index in [1.54, 1.807) is 24.3 Å². The molecule has 0 aliphatic rings. The Morgan fingerprint density at radius 1 is 0.900 bits per heavy atom. The van der Waals surface area contributed by atoms with Crippen LogP contribution in [0, 0.1) is 0 Å². The van der Waals surface area contributed by atoms with E-state index in [1.807, 2.05) is 24.3 Å².